The van der Waals surface area contributed by atoms with Gasteiger partial charge in [-0.15, -0.1) is 0 Å². The minimum absolute atomic E-state index is 0.261. The predicted octanol–water partition coefficient (Wildman–Crippen LogP) is 2.90. The van der Waals surface area contributed by atoms with Crippen LogP contribution in [0.15, 0.2) is 24.3 Å². The maximum absolute atomic E-state index is 12.7. The molecule has 3 rings (SSSR count). The minimum Gasteiger partial charge on any atom is -0.341 e. The highest BCUT2D eigenvalue weighted by molar-refractivity contribution is 6.07. The van der Waals surface area contributed by atoms with Crippen molar-refractivity contribution in [3.05, 3.63) is 35.4 Å². The summed E-state index contributed by atoms with van der Waals surface area (Å²) in [6.07, 6.45) is 7.48. The summed E-state index contributed by atoms with van der Waals surface area (Å²) in [4.78, 5) is 30.1. The Morgan fingerprint density at radius 2 is 1.21 bits per heavy atom. The number of nitrogens with zero attached hydrogens (tertiary/aromatic N) is 2. The molecular formula is C28H38N4O2. The van der Waals surface area contributed by atoms with E-state index in [0.29, 0.717) is 23.2 Å². The van der Waals surface area contributed by atoms with Gasteiger partial charge in [0.1, 0.15) is 0 Å². The highest BCUT2D eigenvalue weighted by Crippen LogP contribution is 2.16. The number of carbonyl (C=O) groups excluding carboxylic acids is 2. The summed E-state index contributed by atoms with van der Waals surface area (Å²) in [7, 11) is 0. The molecule has 0 saturated carbocycles. The van der Waals surface area contributed by atoms with Crippen LogP contribution in [0.5, 0.6) is 0 Å². The van der Waals surface area contributed by atoms with E-state index in [1.165, 1.54) is 38.5 Å². The summed E-state index contributed by atoms with van der Waals surface area (Å²) in [5.74, 6) is 11.8. The first kappa shape index (κ1) is 25.8. The van der Waals surface area contributed by atoms with Crippen LogP contribution < -0.4 is 10.6 Å². The molecule has 0 aliphatic carbocycles. The largest absolute Gasteiger partial charge is 0.341 e. The van der Waals surface area contributed by atoms with E-state index in [1.54, 1.807) is 24.3 Å². The number of piperidine rings is 2. The molecule has 2 fully saturated rings. The second-order valence-electron chi connectivity index (χ2n) is 9.25. The number of rotatable bonds is 6. The van der Waals surface area contributed by atoms with Crippen LogP contribution in [-0.2, 0) is 0 Å². The van der Waals surface area contributed by atoms with Crippen LogP contribution in [-0.4, -0.2) is 73.0 Å². The van der Waals surface area contributed by atoms with Gasteiger partial charge in [-0.25, -0.2) is 0 Å². The maximum atomic E-state index is 12.7. The Morgan fingerprint density at radius 3 is 1.62 bits per heavy atom. The van der Waals surface area contributed by atoms with Gasteiger partial charge in [0.15, 0.2) is 0 Å². The highest BCUT2D eigenvalue weighted by atomic mass is 16.2. The molecule has 2 amide bonds. The van der Waals surface area contributed by atoms with E-state index in [1.807, 2.05) is 0 Å². The van der Waals surface area contributed by atoms with Crippen LogP contribution in [0.3, 0.4) is 0 Å². The molecule has 2 saturated heterocycles. The zero-order valence-electron chi connectivity index (χ0n) is 20.7. The van der Waals surface area contributed by atoms with E-state index < -0.39 is 0 Å². The summed E-state index contributed by atoms with van der Waals surface area (Å²) in [5.41, 5.74) is 0.697. The van der Waals surface area contributed by atoms with E-state index in [0.717, 1.165) is 26.2 Å². The van der Waals surface area contributed by atoms with Crippen molar-refractivity contribution in [1.82, 2.24) is 20.4 Å². The van der Waals surface area contributed by atoms with Crippen molar-refractivity contribution in [1.29, 1.82) is 0 Å². The van der Waals surface area contributed by atoms with Gasteiger partial charge in [-0.1, -0.05) is 48.7 Å². The standard InChI is InChI=1S/C28H38N4O2/c1-23-13-5-9-19-31(23)21-11-7-17-29-27(33)25-15-3-4-16-26(25)28(34)30-18-8-12-22-32-20-10-6-14-24(32)2/h3-4,15-16,23-24H,5-6,9-10,13-14,17-22H2,1-2H3,(H,29,33)(H,30,34). The fourth-order valence-electron chi connectivity index (χ4n) is 4.54. The van der Waals surface area contributed by atoms with Crippen LogP contribution in [0, 0.1) is 23.7 Å². The summed E-state index contributed by atoms with van der Waals surface area (Å²) in [6, 6.07) is 7.98. The molecule has 2 heterocycles. The maximum Gasteiger partial charge on any atom is 0.252 e. The van der Waals surface area contributed by atoms with Gasteiger partial charge in [0.2, 0.25) is 0 Å². The van der Waals surface area contributed by atoms with Crippen molar-refractivity contribution in [3.63, 3.8) is 0 Å². The Labute approximate surface area is 204 Å². The number of likely N-dealkylation sites (tertiary alicyclic amines) is 2. The lowest BCUT2D eigenvalue weighted by Gasteiger charge is -2.31. The number of benzene rings is 1. The first-order chi connectivity index (χ1) is 16.6. The molecule has 182 valence electrons. The Bertz CT molecular complexity index is 875. The first-order valence-corrected chi connectivity index (χ1v) is 12.6. The van der Waals surface area contributed by atoms with Crippen molar-refractivity contribution in [2.45, 2.75) is 64.5 Å². The average Bonchev–Trinajstić information content (AvgIpc) is 2.85. The predicted molar refractivity (Wildman–Crippen MR) is 136 cm³/mol. The van der Waals surface area contributed by atoms with Gasteiger partial charge in [0.05, 0.1) is 37.3 Å². The van der Waals surface area contributed by atoms with Crippen LogP contribution in [0.2, 0.25) is 0 Å². The van der Waals surface area contributed by atoms with Crippen molar-refractivity contribution >= 4 is 11.8 Å². The van der Waals surface area contributed by atoms with Crippen molar-refractivity contribution < 1.29 is 9.59 Å². The molecule has 34 heavy (non-hydrogen) atoms. The molecule has 0 radical (unpaired) electrons. The fourth-order valence-corrected chi connectivity index (χ4v) is 4.54. The lowest BCUT2D eigenvalue weighted by molar-refractivity contribution is 0.0924. The number of carbonyl (C=O) groups is 2. The zero-order chi connectivity index (χ0) is 24.2. The van der Waals surface area contributed by atoms with Gasteiger partial charge in [-0.05, 0) is 64.8 Å². The summed E-state index contributed by atoms with van der Waals surface area (Å²) in [6.45, 7) is 8.64. The lowest BCUT2D eigenvalue weighted by Crippen LogP contribution is -2.37. The summed E-state index contributed by atoms with van der Waals surface area (Å²) in [5, 5.41) is 5.63. The summed E-state index contributed by atoms with van der Waals surface area (Å²) < 4.78 is 0. The molecule has 0 aromatic heterocycles. The second kappa shape index (κ2) is 13.8. The molecule has 0 bridgehead atoms. The number of hydrogen-bond donors (Lipinski definition) is 2. The van der Waals surface area contributed by atoms with Crippen LogP contribution in [0.4, 0.5) is 0 Å². The molecular weight excluding hydrogens is 424 g/mol. The molecule has 2 aliphatic rings. The number of nitrogens with one attached hydrogen (secondary N) is 2. The van der Waals surface area contributed by atoms with E-state index in [9.17, 15) is 9.59 Å². The zero-order valence-corrected chi connectivity index (χ0v) is 20.7. The molecule has 2 atom stereocenters. The van der Waals surface area contributed by atoms with Gasteiger partial charge in [0.25, 0.3) is 11.8 Å². The van der Waals surface area contributed by atoms with Gasteiger partial charge in [-0.3, -0.25) is 19.4 Å². The average molecular weight is 463 g/mol. The van der Waals surface area contributed by atoms with E-state index >= 15 is 0 Å². The Morgan fingerprint density at radius 1 is 0.765 bits per heavy atom. The molecule has 6 nitrogen and oxygen atoms in total. The highest BCUT2D eigenvalue weighted by Gasteiger charge is 2.18. The Kier molecular flexibility index (Phi) is 10.5. The third-order valence-corrected chi connectivity index (χ3v) is 6.79. The van der Waals surface area contributed by atoms with Crippen LogP contribution in [0.25, 0.3) is 0 Å². The van der Waals surface area contributed by atoms with Gasteiger partial charge >= 0.3 is 0 Å². The third-order valence-electron chi connectivity index (χ3n) is 6.79. The summed E-state index contributed by atoms with van der Waals surface area (Å²) >= 11 is 0. The Hall–Kier alpha value is -2.80. The lowest BCUT2D eigenvalue weighted by atomic mass is 10.0. The molecule has 2 aliphatic heterocycles. The van der Waals surface area contributed by atoms with Crippen molar-refractivity contribution in [2.24, 2.45) is 0 Å². The van der Waals surface area contributed by atoms with Crippen molar-refractivity contribution in [3.8, 4) is 23.7 Å². The molecule has 2 N–H and O–H groups in total. The monoisotopic (exact) mass is 462 g/mol. The number of amides is 2. The van der Waals surface area contributed by atoms with Gasteiger partial charge in [-0.2, -0.15) is 0 Å². The Balaban J connectivity index is 1.45. The number of hydrogen-bond acceptors (Lipinski definition) is 4. The van der Waals surface area contributed by atoms with Crippen LogP contribution >= 0.6 is 0 Å². The smallest absolute Gasteiger partial charge is 0.252 e. The molecule has 0 spiro atoms. The van der Waals surface area contributed by atoms with E-state index in [2.05, 4.69) is 58.0 Å². The normalized spacial score (nSPS) is 20.9. The van der Waals surface area contributed by atoms with Crippen LogP contribution in [0.1, 0.15) is 73.1 Å². The molecule has 6 heteroatoms. The third kappa shape index (κ3) is 7.90. The second-order valence-corrected chi connectivity index (χ2v) is 9.25. The molecule has 1 aromatic rings. The molecule has 1 aromatic carbocycles. The SMILES string of the molecule is CC1CCCCN1CC#CCNC(=O)c1ccccc1C(=O)NCC#CCN1CCCCC1C. The van der Waals surface area contributed by atoms with Gasteiger partial charge < -0.3 is 10.6 Å². The topological polar surface area (TPSA) is 64.7 Å². The molecule has 2 unspecified atom stereocenters. The van der Waals surface area contributed by atoms with Gasteiger partial charge in [0, 0.05) is 12.1 Å². The quantitative estimate of drug-likeness (QED) is 0.638. The van der Waals surface area contributed by atoms with E-state index in [-0.39, 0.29) is 24.9 Å². The minimum atomic E-state index is -0.295. The fraction of sp³-hybridized carbons (Fsp3) is 0.571. The van der Waals surface area contributed by atoms with E-state index in [4.69, 9.17) is 0 Å². The first-order valence-electron chi connectivity index (χ1n) is 12.6. The van der Waals surface area contributed by atoms with Crippen molar-refractivity contribution in [2.75, 3.05) is 39.3 Å².